The molecule has 0 fully saturated rings. The molecule has 0 amide bonds. The molecule has 0 spiro atoms. The molecule has 3 aromatic rings. The van der Waals surface area contributed by atoms with Gasteiger partial charge >= 0.3 is 0 Å². The number of rotatable bonds is 3. The first-order valence-electron chi connectivity index (χ1n) is 5.97. The zero-order valence-electron chi connectivity index (χ0n) is 11.3. The summed E-state index contributed by atoms with van der Waals surface area (Å²) in [5.74, 6) is 0. The minimum Gasteiger partial charge on any atom is -0.282 e. The van der Waals surface area contributed by atoms with Crippen molar-refractivity contribution in [2.24, 2.45) is 0 Å². The molecule has 23 heavy (non-hydrogen) atoms. The van der Waals surface area contributed by atoms with Crippen molar-refractivity contribution in [2.45, 2.75) is 14.1 Å². The predicted molar refractivity (Wildman–Crippen MR) is 88.6 cm³/mol. The topological polar surface area (TPSA) is 101 Å². The van der Waals surface area contributed by atoms with Crippen molar-refractivity contribution < 1.29 is 21.4 Å². The summed E-state index contributed by atoms with van der Waals surface area (Å²) in [5, 5.41) is 0. The summed E-state index contributed by atoms with van der Waals surface area (Å²) in [7, 11) is -8.10. The van der Waals surface area contributed by atoms with E-state index in [4.69, 9.17) is 4.55 Å². The Hall–Kier alpha value is -1.52. The SMILES string of the molecule is Cl.O=S(=O)(O)c1ccc2nc(S(=O)(=O)c3ccccc3)sc2c1. The van der Waals surface area contributed by atoms with Crippen molar-refractivity contribution in [3.63, 3.8) is 0 Å². The van der Waals surface area contributed by atoms with E-state index in [1.165, 1.54) is 30.3 Å². The van der Waals surface area contributed by atoms with Crippen LogP contribution in [0.4, 0.5) is 0 Å². The molecule has 10 heteroatoms. The summed E-state index contributed by atoms with van der Waals surface area (Å²) < 4.78 is 56.5. The fraction of sp³-hybridized carbons (Fsp3) is 0. The van der Waals surface area contributed by atoms with E-state index in [1.807, 2.05) is 0 Å². The van der Waals surface area contributed by atoms with Crippen molar-refractivity contribution in [3.8, 4) is 0 Å². The molecular weight excluding hydrogens is 382 g/mol. The first-order chi connectivity index (χ1) is 10.3. The smallest absolute Gasteiger partial charge is 0.282 e. The molecule has 0 aliphatic carbocycles. The van der Waals surface area contributed by atoms with Gasteiger partial charge in [0, 0.05) is 0 Å². The summed E-state index contributed by atoms with van der Waals surface area (Å²) in [6.45, 7) is 0. The Morgan fingerprint density at radius 2 is 1.57 bits per heavy atom. The third kappa shape index (κ3) is 3.38. The molecule has 0 saturated carbocycles. The van der Waals surface area contributed by atoms with E-state index < -0.39 is 20.0 Å². The number of aromatic nitrogens is 1. The average molecular weight is 392 g/mol. The molecule has 0 radical (unpaired) electrons. The van der Waals surface area contributed by atoms with Gasteiger partial charge < -0.3 is 0 Å². The lowest BCUT2D eigenvalue weighted by Crippen LogP contribution is -2.00. The van der Waals surface area contributed by atoms with Gasteiger partial charge in [0.1, 0.15) is 0 Å². The van der Waals surface area contributed by atoms with Crippen LogP contribution in [0.3, 0.4) is 0 Å². The molecule has 6 nitrogen and oxygen atoms in total. The van der Waals surface area contributed by atoms with E-state index in [2.05, 4.69) is 4.98 Å². The van der Waals surface area contributed by atoms with Gasteiger partial charge in [0.25, 0.3) is 10.1 Å². The second-order valence-electron chi connectivity index (χ2n) is 4.40. The van der Waals surface area contributed by atoms with Crippen LogP contribution < -0.4 is 0 Å². The van der Waals surface area contributed by atoms with Crippen LogP contribution in [0.5, 0.6) is 0 Å². The molecule has 0 unspecified atom stereocenters. The Kier molecular flexibility index (Phi) is 4.79. The minimum atomic E-state index is -4.34. The van der Waals surface area contributed by atoms with Crippen molar-refractivity contribution in [1.82, 2.24) is 4.98 Å². The molecular formula is C13H10ClNO5S3. The number of thiazole rings is 1. The number of sulfone groups is 1. The van der Waals surface area contributed by atoms with Gasteiger partial charge in [0.05, 0.1) is 20.0 Å². The van der Waals surface area contributed by atoms with Gasteiger partial charge in [-0.05, 0) is 30.3 Å². The fourth-order valence-electron chi connectivity index (χ4n) is 1.86. The lowest BCUT2D eigenvalue weighted by molar-refractivity contribution is 0.483. The van der Waals surface area contributed by atoms with E-state index in [9.17, 15) is 16.8 Å². The number of halogens is 1. The van der Waals surface area contributed by atoms with Crippen molar-refractivity contribution >= 4 is 53.9 Å². The van der Waals surface area contributed by atoms with Crippen molar-refractivity contribution in [3.05, 3.63) is 48.5 Å². The second kappa shape index (κ2) is 6.17. The van der Waals surface area contributed by atoms with E-state index >= 15 is 0 Å². The average Bonchev–Trinajstić information content (AvgIpc) is 2.91. The maximum atomic E-state index is 12.5. The third-order valence-corrected chi connectivity index (χ3v) is 6.94. The highest BCUT2D eigenvalue weighted by Gasteiger charge is 2.22. The molecule has 2 aromatic carbocycles. The monoisotopic (exact) mass is 391 g/mol. The molecule has 1 N–H and O–H groups in total. The van der Waals surface area contributed by atoms with Crippen LogP contribution in [-0.2, 0) is 20.0 Å². The summed E-state index contributed by atoms with van der Waals surface area (Å²) >= 11 is 0.855. The number of hydrogen-bond donors (Lipinski definition) is 1. The lowest BCUT2D eigenvalue weighted by atomic mass is 10.3. The number of benzene rings is 2. The van der Waals surface area contributed by atoms with Gasteiger partial charge in [0.15, 0.2) is 0 Å². The minimum absolute atomic E-state index is 0. The van der Waals surface area contributed by atoms with Crippen LogP contribution in [0, 0.1) is 0 Å². The Labute approximate surface area is 142 Å². The van der Waals surface area contributed by atoms with Crippen molar-refractivity contribution in [1.29, 1.82) is 0 Å². The van der Waals surface area contributed by atoms with E-state index in [-0.39, 0.29) is 26.5 Å². The highest BCUT2D eigenvalue weighted by molar-refractivity contribution is 7.93. The van der Waals surface area contributed by atoms with Crippen molar-refractivity contribution in [2.75, 3.05) is 0 Å². The quantitative estimate of drug-likeness (QED) is 0.689. The molecule has 1 aromatic heterocycles. The van der Waals surface area contributed by atoms with Crippen LogP contribution in [0.2, 0.25) is 0 Å². The molecule has 0 atom stereocenters. The van der Waals surface area contributed by atoms with Crippen LogP contribution in [-0.4, -0.2) is 26.4 Å². The summed E-state index contributed by atoms with van der Waals surface area (Å²) in [5.41, 5.74) is 0.354. The summed E-state index contributed by atoms with van der Waals surface area (Å²) in [6, 6.07) is 11.6. The molecule has 3 rings (SSSR count). The standard InChI is InChI=1S/C13H9NO5S3.ClH/c15-21(16,9-4-2-1-3-5-9)13-14-11-7-6-10(22(17,18)19)8-12(11)20-13;/h1-8H,(H,17,18,19);1H. The third-order valence-electron chi connectivity index (χ3n) is 2.92. The van der Waals surface area contributed by atoms with E-state index in [0.717, 1.165) is 11.3 Å². The Morgan fingerprint density at radius 1 is 0.913 bits per heavy atom. The number of fused-ring (bicyclic) bond motifs is 1. The molecule has 0 aliphatic heterocycles. The lowest BCUT2D eigenvalue weighted by Gasteiger charge is -1.98. The number of hydrogen-bond acceptors (Lipinski definition) is 6. The van der Waals surface area contributed by atoms with Gasteiger partial charge in [-0.2, -0.15) is 8.42 Å². The largest absolute Gasteiger partial charge is 0.294 e. The van der Waals surface area contributed by atoms with Gasteiger partial charge in [-0.1, -0.05) is 18.2 Å². The molecule has 0 saturated heterocycles. The van der Waals surface area contributed by atoms with Crippen LogP contribution in [0.25, 0.3) is 10.2 Å². The van der Waals surface area contributed by atoms with E-state index in [1.54, 1.807) is 18.2 Å². The molecule has 1 heterocycles. The predicted octanol–water partition coefficient (Wildman–Crippen LogP) is 2.80. The summed E-state index contributed by atoms with van der Waals surface area (Å²) in [6.07, 6.45) is 0. The summed E-state index contributed by atoms with van der Waals surface area (Å²) in [4.78, 5) is 3.85. The zero-order valence-corrected chi connectivity index (χ0v) is 14.5. The normalized spacial score (nSPS) is 12.0. The van der Waals surface area contributed by atoms with Gasteiger partial charge in [-0.15, -0.1) is 23.7 Å². The molecule has 0 aliphatic rings. The van der Waals surface area contributed by atoms with Gasteiger partial charge in [-0.25, -0.2) is 13.4 Å². The highest BCUT2D eigenvalue weighted by Crippen LogP contribution is 2.30. The maximum Gasteiger partial charge on any atom is 0.294 e. The Bertz CT molecular complexity index is 1060. The first-order valence-corrected chi connectivity index (χ1v) is 9.71. The van der Waals surface area contributed by atoms with Crippen LogP contribution in [0.1, 0.15) is 0 Å². The fourth-order valence-corrected chi connectivity index (χ4v) is 5.11. The van der Waals surface area contributed by atoms with Gasteiger partial charge in [0.2, 0.25) is 14.2 Å². The van der Waals surface area contributed by atoms with Crippen LogP contribution >= 0.6 is 23.7 Å². The van der Waals surface area contributed by atoms with Crippen LogP contribution in [0.15, 0.2) is 62.7 Å². The first kappa shape index (κ1) is 17.8. The Morgan fingerprint density at radius 3 is 2.17 bits per heavy atom. The second-order valence-corrected chi connectivity index (χ2v) is 8.98. The highest BCUT2D eigenvalue weighted by atomic mass is 35.5. The van der Waals surface area contributed by atoms with E-state index in [0.29, 0.717) is 10.2 Å². The number of nitrogens with zero attached hydrogens (tertiary/aromatic N) is 1. The maximum absolute atomic E-state index is 12.5. The Balaban J connectivity index is 0.00000192. The molecule has 0 bridgehead atoms. The molecule has 122 valence electrons. The van der Waals surface area contributed by atoms with Gasteiger partial charge in [-0.3, -0.25) is 4.55 Å². The zero-order chi connectivity index (χ0) is 16.0.